The average molecular weight is 388 g/mol. The van der Waals surface area contributed by atoms with Gasteiger partial charge < -0.3 is 19.9 Å². The molecule has 3 rings (SSSR count). The van der Waals surface area contributed by atoms with Gasteiger partial charge in [-0.3, -0.25) is 9.59 Å². The second-order valence-corrected chi connectivity index (χ2v) is 6.18. The minimum Gasteiger partial charge on any atom is -0.480 e. The molecule has 2 aromatic rings. The fourth-order valence-corrected chi connectivity index (χ4v) is 3.01. The number of fused-ring (bicyclic) bond motifs is 2. The molecule has 0 saturated carbocycles. The Labute approximate surface area is 148 Å². The molecular weight excluding hydrogens is 377 g/mol. The third kappa shape index (κ3) is 3.93. The van der Waals surface area contributed by atoms with Crippen molar-refractivity contribution in [1.82, 2.24) is 10.3 Å². The van der Waals surface area contributed by atoms with Crippen LogP contribution in [0.25, 0.3) is 10.9 Å². The summed E-state index contributed by atoms with van der Waals surface area (Å²) in [6.07, 6.45) is -4.63. The van der Waals surface area contributed by atoms with Crippen molar-refractivity contribution in [2.24, 2.45) is 0 Å². The van der Waals surface area contributed by atoms with Gasteiger partial charge in [0.15, 0.2) is 11.5 Å². The van der Waals surface area contributed by atoms with Crippen LogP contribution in [-0.2, 0) is 15.8 Å². The molecule has 1 aromatic heterocycles. The van der Waals surface area contributed by atoms with Gasteiger partial charge in [-0.1, -0.05) is 11.8 Å². The van der Waals surface area contributed by atoms with Gasteiger partial charge in [0.2, 0.25) is 12.7 Å². The van der Waals surface area contributed by atoms with Gasteiger partial charge in [-0.15, -0.1) is 0 Å². The van der Waals surface area contributed by atoms with Crippen LogP contribution in [0.4, 0.5) is 13.2 Å². The number of nitrogens with one attached hydrogen (secondary N) is 1. The van der Waals surface area contributed by atoms with Crippen LogP contribution < -0.4 is 14.8 Å². The van der Waals surface area contributed by atoms with Crippen LogP contribution in [-0.4, -0.2) is 41.1 Å². The first-order chi connectivity index (χ1) is 12.2. The van der Waals surface area contributed by atoms with E-state index in [0.717, 1.165) is 17.8 Å². The lowest BCUT2D eigenvalue weighted by Crippen LogP contribution is -2.30. The Balaban J connectivity index is 1.90. The number of carboxylic acid groups (broad SMARTS) is 1. The SMILES string of the molecule is O=C(O)CNC(=O)CSc1cc(C(F)(F)F)c2cc3c(cc2n1)OCO3. The molecule has 0 aliphatic carbocycles. The summed E-state index contributed by atoms with van der Waals surface area (Å²) in [5.74, 6) is -1.62. The Morgan fingerprint density at radius 3 is 2.58 bits per heavy atom. The molecule has 26 heavy (non-hydrogen) atoms. The number of ether oxygens (including phenoxy) is 2. The fraction of sp³-hybridized carbons (Fsp3) is 0.267. The van der Waals surface area contributed by atoms with Gasteiger partial charge in [-0.05, 0) is 12.1 Å². The van der Waals surface area contributed by atoms with Crippen molar-refractivity contribution in [2.75, 3.05) is 19.1 Å². The van der Waals surface area contributed by atoms with Crippen LogP contribution in [0.15, 0.2) is 23.2 Å². The number of amides is 1. The van der Waals surface area contributed by atoms with Gasteiger partial charge in [0, 0.05) is 11.5 Å². The Bertz CT molecular complexity index is 888. The van der Waals surface area contributed by atoms with Gasteiger partial charge in [-0.25, -0.2) is 4.98 Å². The highest BCUT2D eigenvalue weighted by Crippen LogP contribution is 2.42. The minimum atomic E-state index is -4.63. The van der Waals surface area contributed by atoms with E-state index in [0.29, 0.717) is 5.75 Å². The normalized spacial score (nSPS) is 13.0. The Morgan fingerprint density at radius 1 is 1.23 bits per heavy atom. The van der Waals surface area contributed by atoms with Crippen LogP contribution >= 0.6 is 11.8 Å². The van der Waals surface area contributed by atoms with Gasteiger partial charge in [0.1, 0.15) is 6.54 Å². The van der Waals surface area contributed by atoms with Gasteiger partial charge >= 0.3 is 12.1 Å². The number of aromatic nitrogens is 1. The maximum atomic E-state index is 13.4. The maximum Gasteiger partial charge on any atom is 0.417 e. The number of hydrogen-bond donors (Lipinski definition) is 2. The van der Waals surface area contributed by atoms with E-state index in [1.54, 1.807) is 0 Å². The number of benzene rings is 1. The molecule has 1 amide bonds. The summed E-state index contributed by atoms with van der Waals surface area (Å²) in [4.78, 5) is 26.1. The van der Waals surface area contributed by atoms with E-state index in [-0.39, 0.29) is 34.2 Å². The highest BCUT2D eigenvalue weighted by atomic mass is 32.2. The number of thioether (sulfide) groups is 1. The molecule has 138 valence electrons. The number of pyridine rings is 1. The first kappa shape index (κ1) is 18.1. The standard InChI is InChI=1S/C15H11F3N2O5S/c16-15(17,18)8-2-13(26-5-12(21)19-4-14(22)23)20-9-3-11-10(1-7(8)9)24-6-25-11/h1-3H,4-6H2,(H,19,21)(H,22,23). The third-order valence-electron chi connectivity index (χ3n) is 3.37. The van der Waals surface area contributed by atoms with Crippen LogP contribution in [0.3, 0.4) is 0 Å². The largest absolute Gasteiger partial charge is 0.480 e. The second-order valence-electron chi connectivity index (χ2n) is 5.19. The van der Waals surface area contributed by atoms with Crippen LogP contribution in [0.5, 0.6) is 11.5 Å². The lowest BCUT2D eigenvalue weighted by Gasteiger charge is -2.13. The number of carbonyl (C=O) groups is 2. The van der Waals surface area contributed by atoms with Crippen molar-refractivity contribution in [2.45, 2.75) is 11.2 Å². The van der Waals surface area contributed by atoms with Crippen LogP contribution in [0.1, 0.15) is 5.56 Å². The first-order valence-corrected chi connectivity index (χ1v) is 8.15. The second kappa shape index (κ2) is 6.90. The molecule has 11 heteroatoms. The summed E-state index contributed by atoms with van der Waals surface area (Å²) in [7, 11) is 0. The van der Waals surface area contributed by atoms with Crippen molar-refractivity contribution in [3.63, 3.8) is 0 Å². The van der Waals surface area contributed by atoms with Crippen molar-refractivity contribution in [1.29, 1.82) is 0 Å². The van der Waals surface area contributed by atoms with Gasteiger partial charge in [0.05, 0.1) is 21.9 Å². The zero-order chi connectivity index (χ0) is 18.9. The average Bonchev–Trinajstić information content (AvgIpc) is 3.01. The van der Waals surface area contributed by atoms with E-state index in [1.807, 2.05) is 0 Å². The number of nitrogens with zero attached hydrogens (tertiary/aromatic N) is 1. The molecular formula is C15H11F3N2O5S. The number of rotatable bonds is 5. The first-order valence-electron chi connectivity index (χ1n) is 7.17. The van der Waals surface area contributed by atoms with Crippen molar-refractivity contribution >= 4 is 34.5 Å². The predicted molar refractivity (Wildman–Crippen MR) is 84.2 cm³/mol. The zero-order valence-electron chi connectivity index (χ0n) is 12.9. The third-order valence-corrected chi connectivity index (χ3v) is 4.28. The number of halogens is 3. The topological polar surface area (TPSA) is 97.8 Å². The summed E-state index contributed by atoms with van der Waals surface area (Å²) in [5.41, 5.74) is -0.855. The highest BCUT2D eigenvalue weighted by molar-refractivity contribution is 7.99. The molecule has 1 aromatic carbocycles. The van der Waals surface area contributed by atoms with E-state index in [9.17, 15) is 22.8 Å². The number of carboxylic acids is 1. The quantitative estimate of drug-likeness (QED) is 0.759. The molecule has 0 atom stereocenters. The smallest absolute Gasteiger partial charge is 0.417 e. The minimum absolute atomic E-state index is 0.0193. The van der Waals surface area contributed by atoms with E-state index < -0.39 is 30.2 Å². The zero-order valence-corrected chi connectivity index (χ0v) is 13.7. The van der Waals surface area contributed by atoms with E-state index in [2.05, 4.69) is 10.3 Å². The lowest BCUT2D eigenvalue weighted by atomic mass is 10.1. The Kier molecular flexibility index (Phi) is 4.81. The van der Waals surface area contributed by atoms with E-state index >= 15 is 0 Å². The van der Waals surface area contributed by atoms with Crippen LogP contribution in [0.2, 0.25) is 0 Å². The van der Waals surface area contributed by atoms with Crippen molar-refractivity contribution in [3.8, 4) is 11.5 Å². The molecule has 0 spiro atoms. The highest BCUT2D eigenvalue weighted by Gasteiger charge is 2.34. The molecule has 7 nitrogen and oxygen atoms in total. The summed E-state index contributed by atoms with van der Waals surface area (Å²) >= 11 is 0.770. The van der Waals surface area contributed by atoms with Crippen molar-refractivity contribution in [3.05, 3.63) is 23.8 Å². The molecule has 1 aliphatic heterocycles. The maximum absolute atomic E-state index is 13.4. The fourth-order valence-electron chi connectivity index (χ4n) is 2.26. The number of alkyl halides is 3. The van der Waals surface area contributed by atoms with Crippen molar-refractivity contribution < 1.29 is 37.3 Å². The molecule has 2 N–H and O–H groups in total. The van der Waals surface area contributed by atoms with Crippen LogP contribution in [0, 0.1) is 0 Å². The summed E-state index contributed by atoms with van der Waals surface area (Å²) in [5, 5.41) is 10.5. The van der Waals surface area contributed by atoms with E-state index in [1.165, 1.54) is 12.1 Å². The summed E-state index contributed by atoms with van der Waals surface area (Å²) < 4.78 is 50.5. The van der Waals surface area contributed by atoms with Gasteiger partial charge in [0.25, 0.3) is 0 Å². The molecule has 0 radical (unpaired) electrons. The monoisotopic (exact) mass is 388 g/mol. The number of carbonyl (C=O) groups excluding carboxylic acids is 1. The number of aliphatic carboxylic acids is 1. The molecule has 1 aliphatic rings. The molecule has 0 fully saturated rings. The number of hydrogen-bond acceptors (Lipinski definition) is 6. The van der Waals surface area contributed by atoms with Gasteiger partial charge in [-0.2, -0.15) is 13.2 Å². The Hall–Kier alpha value is -2.69. The predicted octanol–water partition coefficient (Wildman–Crippen LogP) is 2.28. The Morgan fingerprint density at radius 2 is 1.92 bits per heavy atom. The lowest BCUT2D eigenvalue weighted by molar-refractivity contribution is -0.137. The van der Waals surface area contributed by atoms with E-state index in [4.69, 9.17) is 14.6 Å². The molecule has 0 unspecified atom stereocenters. The molecule has 2 heterocycles. The summed E-state index contributed by atoms with van der Waals surface area (Å²) in [6, 6.07) is 3.42. The molecule has 0 bridgehead atoms. The summed E-state index contributed by atoms with van der Waals surface area (Å²) in [6.45, 7) is -0.653. The molecule has 0 saturated heterocycles.